The quantitative estimate of drug-likeness (QED) is 0.828. The van der Waals surface area contributed by atoms with Gasteiger partial charge in [-0.3, -0.25) is 10.3 Å². The Morgan fingerprint density at radius 1 is 1.33 bits per heavy atom. The second-order valence-electron chi connectivity index (χ2n) is 5.12. The summed E-state index contributed by atoms with van der Waals surface area (Å²) in [5, 5.41) is 4.36. The van der Waals surface area contributed by atoms with Crippen LogP contribution in [0.5, 0.6) is 0 Å². The topological polar surface area (TPSA) is 51.2 Å². The molecule has 0 fully saturated rings. The minimum atomic E-state index is -0.440. The molecule has 1 N–H and O–H groups in total. The summed E-state index contributed by atoms with van der Waals surface area (Å²) in [6.45, 7) is 6.36. The number of carbonyl (C=O) groups excluding carboxylic acids is 1. The maximum absolute atomic E-state index is 12.2. The Hall–Kier alpha value is -1.94. The van der Waals surface area contributed by atoms with E-state index >= 15 is 0 Å². The third-order valence-electron chi connectivity index (χ3n) is 3.55. The fourth-order valence-corrected chi connectivity index (χ4v) is 2.20. The second-order valence-corrected chi connectivity index (χ2v) is 5.12. The third-order valence-corrected chi connectivity index (χ3v) is 3.55. The lowest BCUT2D eigenvalue weighted by molar-refractivity contribution is -0.146. The highest BCUT2D eigenvalue weighted by Gasteiger charge is 2.23. The van der Waals surface area contributed by atoms with E-state index in [1.54, 1.807) is 6.20 Å². The lowest BCUT2D eigenvalue weighted by atomic mass is 10.0. The zero-order valence-electron chi connectivity index (χ0n) is 12.8. The molecule has 21 heavy (non-hydrogen) atoms. The van der Waals surface area contributed by atoms with Gasteiger partial charge in [0.25, 0.3) is 0 Å². The van der Waals surface area contributed by atoms with E-state index in [0.717, 1.165) is 22.9 Å². The molecule has 112 valence electrons. The first-order valence-electron chi connectivity index (χ1n) is 7.43. The van der Waals surface area contributed by atoms with Crippen LogP contribution in [0.1, 0.15) is 38.8 Å². The molecular formula is C17H22N2O2. The van der Waals surface area contributed by atoms with Crippen LogP contribution >= 0.6 is 0 Å². The number of pyridine rings is 1. The number of benzene rings is 1. The van der Waals surface area contributed by atoms with Gasteiger partial charge in [0.1, 0.15) is 6.04 Å². The number of hydrogen-bond acceptors (Lipinski definition) is 4. The van der Waals surface area contributed by atoms with Gasteiger partial charge in [0.05, 0.1) is 12.1 Å². The molecular weight excluding hydrogens is 264 g/mol. The highest BCUT2D eigenvalue weighted by Crippen LogP contribution is 2.21. The molecule has 0 aliphatic heterocycles. The minimum Gasteiger partial charge on any atom is -0.465 e. The van der Waals surface area contributed by atoms with E-state index in [-0.39, 0.29) is 12.0 Å². The van der Waals surface area contributed by atoms with Crippen molar-refractivity contribution in [2.24, 2.45) is 0 Å². The summed E-state index contributed by atoms with van der Waals surface area (Å²) in [4.78, 5) is 16.5. The number of esters is 1. The molecule has 0 spiro atoms. The maximum atomic E-state index is 12.2. The number of hydrogen-bond donors (Lipinski definition) is 1. The first kappa shape index (κ1) is 15.4. The van der Waals surface area contributed by atoms with Gasteiger partial charge in [0.2, 0.25) is 0 Å². The van der Waals surface area contributed by atoms with Gasteiger partial charge in [-0.1, -0.05) is 19.1 Å². The number of nitrogens with one attached hydrogen (secondary N) is 1. The molecule has 0 saturated heterocycles. The van der Waals surface area contributed by atoms with Gasteiger partial charge in [-0.15, -0.1) is 0 Å². The molecule has 1 heterocycles. The molecule has 1 aromatic carbocycles. The third kappa shape index (κ3) is 3.79. The van der Waals surface area contributed by atoms with Crippen LogP contribution in [-0.4, -0.2) is 23.6 Å². The normalized spacial score (nSPS) is 13.9. The number of nitrogens with zero attached hydrogens (tertiary/aromatic N) is 1. The van der Waals surface area contributed by atoms with E-state index < -0.39 is 6.04 Å². The van der Waals surface area contributed by atoms with E-state index in [4.69, 9.17) is 4.74 Å². The van der Waals surface area contributed by atoms with Gasteiger partial charge in [0.15, 0.2) is 0 Å². The molecule has 0 aliphatic carbocycles. The summed E-state index contributed by atoms with van der Waals surface area (Å²) in [5.74, 6) is -0.235. The summed E-state index contributed by atoms with van der Waals surface area (Å²) in [5.41, 5.74) is 1.83. The van der Waals surface area contributed by atoms with Crippen LogP contribution in [0.25, 0.3) is 10.9 Å². The van der Waals surface area contributed by atoms with Crippen LogP contribution in [0.15, 0.2) is 36.5 Å². The predicted octanol–water partition coefficient (Wildman–Crippen LogP) is 3.23. The Bertz CT molecular complexity index is 613. The van der Waals surface area contributed by atoms with Crippen molar-refractivity contribution in [1.82, 2.24) is 10.3 Å². The summed E-state index contributed by atoms with van der Waals surface area (Å²) in [6, 6.07) is 9.57. The van der Waals surface area contributed by atoms with Crippen molar-refractivity contribution in [2.75, 3.05) is 6.61 Å². The average Bonchev–Trinajstić information content (AvgIpc) is 2.52. The Balaban J connectivity index is 2.34. The van der Waals surface area contributed by atoms with Gasteiger partial charge in [0, 0.05) is 17.6 Å². The van der Waals surface area contributed by atoms with Gasteiger partial charge in [-0.2, -0.15) is 0 Å². The molecule has 0 bridgehead atoms. The molecule has 4 heteroatoms. The molecule has 1 aromatic heterocycles. The number of fused-ring (bicyclic) bond motifs is 1. The predicted molar refractivity (Wildman–Crippen MR) is 84.0 cm³/mol. The van der Waals surface area contributed by atoms with Crippen LogP contribution in [0.3, 0.4) is 0 Å². The van der Waals surface area contributed by atoms with Crippen LogP contribution in [0, 0.1) is 0 Å². The Morgan fingerprint density at radius 2 is 2.14 bits per heavy atom. The summed E-state index contributed by atoms with van der Waals surface area (Å²) >= 11 is 0. The Kier molecular flexibility index (Phi) is 5.28. The van der Waals surface area contributed by atoms with E-state index in [9.17, 15) is 4.79 Å². The zero-order valence-corrected chi connectivity index (χ0v) is 12.8. The monoisotopic (exact) mass is 286 g/mol. The standard InChI is InChI=1S/C17H22N2O2/c1-4-12(3)19-16(17(20)21-5-2)14-8-9-15-13(11-14)7-6-10-18-15/h6-12,16,19H,4-5H2,1-3H3. The number of carbonyl (C=O) groups is 1. The Labute approximate surface area is 125 Å². The van der Waals surface area contributed by atoms with Gasteiger partial charge in [-0.05, 0) is 44.0 Å². The van der Waals surface area contributed by atoms with Gasteiger partial charge in [-0.25, -0.2) is 4.79 Å². The molecule has 0 aliphatic rings. The molecule has 0 radical (unpaired) electrons. The van der Waals surface area contributed by atoms with Crippen molar-refractivity contribution < 1.29 is 9.53 Å². The minimum absolute atomic E-state index is 0.235. The van der Waals surface area contributed by atoms with Crippen LogP contribution in [-0.2, 0) is 9.53 Å². The van der Waals surface area contributed by atoms with Crippen LogP contribution in [0.2, 0.25) is 0 Å². The largest absolute Gasteiger partial charge is 0.465 e. The van der Waals surface area contributed by atoms with Crippen molar-refractivity contribution in [1.29, 1.82) is 0 Å². The lowest BCUT2D eigenvalue weighted by Gasteiger charge is -2.21. The smallest absolute Gasteiger partial charge is 0.327 e. The van der Waals surface area contributed by atoms with Crippen LogP contribution < -0.4 is 5.32 Å². The summed E-state index contributed by atoms with van der Waals surface area (Å²) in [6.07, 6.45) is 2.72. The van der Waals surface area contributed by atoms with Crippen molar-refractivity contribution in [3.8, 4) is 0 Å². The second kappa shape index (κ2) is 7.18. The molecule has 2 atom stereocenters. The molecule has 2 aromatic rings. The lowest BCUT2D eigenvalue weighted by Crippen LogP contribution is -2.36. The SMILES string of the molecule is CCOC(=O)C(NC(C)CC)c1ccc2ncccc2c1. The van der Waals surface area contributed by atoms with Crippen molar-refractivity contribution >= 4 is 16.9 Å². The Morgan fingerprint density at radius 3 is 2.86 bits per heavy atom. The van der Waals surface area contributed by atoms with E-state index in [1.807, 2.05) is 37.3 Å². The molecule has 4 nitrogen and oxygen atoms in total. The van der Waals surface area contributed by atoms with Crippen molar-refractivity contribution in [2.45, 2.75) is 39.3 Å². The number of ether oxygens (including phenoxy) is 1. The highest BCUT2D eigenvalue weighted by molar-refractivity contribution is 5.83. The van der Waals surface area contributed by atoms with Crippen LogP contribution in [0.4, 0.5) is 0 Å². The number of rotatable bonds is 6. The first-order chi connectivity index (χ1) is 10.2. The van der Waals surface area contributed by atoms with E-state index in [1.165, 1.54) is 0 Å². The van der Waals surface area contributed by atoms with Gasteiger partial charge < -0.3 is 4.74 Å². The fourth-order valence-electron chi connectivity index (χ4n) is 2.20. The zero-order chi connectivity index (χ0) is 15.2. The van der Waals surface area contributed by atoms with Crippen molar-refractivity contribution in [3.63, 3.8) is 0 Å². The molecule has 0 saturated carbocycles. The average molecular weight is 286 g/mol. The first-order valence-corrected chi connectivity index (χ1v) is 7.43. The molecule has 2 rings (SSSR count). The summed E-state index contributed by atoms with van der Waals surface area (Å²) < 4.78 is 5.20. The van der Waals surface area contributed by atoms with E-state index in [0.29, 0.717) is 6.61 Å². The van der Waals surface area contributed by atoms with Gasteiger partial charge >= 0.3 is 5.97 Å². The molecule has 2 unspecified atom stereocenters. The fraction of sp³-hybridized carbons (Fsp3) is 0.412. The van der Waals surface area contributed by atoms with E-state index in [2.05, 4.69) is 24.1 Å². The molecule has 0 amide bonds. The maximum Gasteiger partial charge on any atom is 0.327 e. The summed E-state index contributed by atoms with van der Waals surface area (Å²) in [7, 11) is 0. The number of aromatic nitrogens is 1. The van der Waals surface area contributed by atoms with Crippen molar-refractivity contribution in [3.05, 3.63) is 42.1 Å². The highest BCUT2D eigenvalue weighted by atomic mass is 16.5.